The van der Waals surface area contributed by atoms with Crippen LogP contribution in [0.3, 0.4) is 0 Å². The smallest absolute Gasteiger partial charge is 0.279 e. The molecule has 0 radical (unpaired) electrons. The Hall–Kier alpha value is -3.15. The molecule has 1 aliphatic carbocycles. The van der Waals surface area contributed by atoms with Crippen LogP contribution in [-0.4, -0.2) is 31.2 Å². The molecule has 0 spiro atoms. The van der Waals surface area contributed by atoms with Gasteiger partial charge in [-0.1, -0.05) is 24.3 Å². The SMILES string of the molecule is COc1cccc(C(=O)N/N=C2/C(=O)N(CC3CC3)c3ccccc32)c1. The number of ether oxygens (including phenoxy) is 1. The number of benzene rings is 2. The Morgan fingerprint density at radius 1 is 1.23 bits per heavy atom. The quantitative estimate of drug-likeness (QED) is 0.844. The second-order valence-corrected chi connectivity index (χ2v) is 6.51. The molecule has 1 aliphatic heterocycles. The van der Waals surface area contributed by atoms with E-state index in [4.69, 9.17) is 4.74 Å². The van der Waals surface area contributed by atoms with Gasteiger partial charge in [0.2, 0.25) is 0 Å². The highest BCUT2D eigenvalue weighted by molar-refractivity contribution is 6.54. The second-order valence-electron chi connectivity index (χ2n) is 6.51. The van der Waals surface area contributed by atoms with Crippen LogP contribution < -0.4 is 15.1 Å². The molecular formula is C20H19N3O3. The average molecular weight is 349 g/mol. The van der Waals surface area contributed by atoms with Crippen LogP contribution in [-0.2, 0) is 4.79 Å². The van der Waals surface area contributed by atoms with Gasteiger partial charge < -0.3 is 9.64 Å². The van der Waals surface area contributed by atoms with E-state index in [0.29, 0.717) is 23.8 Å². The summed E-state index contributed by atoms with van der Waals surface area (Å²) in [4.78, 5) is 26.9. The maximum Gasteiger partial charge on any atom is 0.279 e. The zero-order valence-corrected chi connectivity index (χ0v) is 14.4. The zero-order chi connectivity index (χ0) is 18.1. The lowest BCUT2D eigenvalue weighted by Gasteiger charge is -2.15. The van der Waals surface area contributed by atoms with Crippen LogP contribution in [0, 0.1) is 5.92 Å². The van der Waals surface area contributed by atoms with Crippen molar-refractivity contribution in [2.75, 3.05) is 18.6 Å². The molecule has 1 N–H and O–H groups in total. The molecule has 0 atom stereocenters. The molecule has 4 rings (SSSR count). The third-order valence-electron chi connectivity index (χ3n) is 4.64. The van der Waals surface area contributed by atoms with Crippen LogP contribution in [0.1, 0.15) is 28.8 Å². The van der Waals surface area contributed by atoms with Gasteiger partial charge in [0.15, 0.2) is 5.71 Å². The molecule has 0 unspecified atom stereocenters. The normalized spacial score (nSPS) is 17.3. The van der Waals surface area contributed by atoms with Gasteiger partial charge in [0, 0.05) is 17.7 Å². The predicted octanol–water partition coefficient (Wildman–Crippen LogP) is 2.59. The fraction of sp³-hybridized carbons (Fsp3) is 0.250. The minimum Gasteiger partial charge on any atom is -0.497 e. The van der Waals surface area contributed by atoms with Gasteiger partial charge in [-0.25, -0.2) is 5.43 Å². The number of rotatable bonds is 5. The van der Waals surface area contributed by atoms with Crippen molar-refractivity contribution >= 4 is 23.2 Å². The summed E-state index contributed by atoms with van der Waals surface area (Å²) in [6.07, 6.45) is 2.32. The number of carbonyl (C=O) groups is 2. The summed E-state index contributed by atoms with van der Waals surface area (Å²) in [5, 5.41) is 4.14. The molecule has 2 aromatic carbocycles. The number of anilines is 1. The first-order chi connectivity index (χ1) is 12.7. The molecule has 0 bridgehead atoms. The highest BCUT2D eigenvalue weighted by Gasteiger charge is 2.37. The number of amides is 2. The van der Waals surface area contributed by atoms with Crippen molar-refractivity contribution in [2.45, 2.75) is 12.8 Å². The number of carbonyl (C=O) groups excluding carboxylic acids is 2. The molecular weight excluding hydrogens is 330 g/mol. The highest BCUT2D eigenvalue weighted by Crippen LogP contribution is 2.35. The Bertz CT molecular complexity index is 903. The van der Waals surface area contributed by atoms with E-state index in [9.17, 15) is 9.59 Å². The van der Waals surface area contributed by atoms with Crippen molar-refractivity contribution in [3.05, 3.63) is 59.7 Å². The average Bonchev–Trinajstić information content (AvgIpc) is 3.46. The summed E-state index contributed by atoms with van der Waals surface area (Å²) in [6, 6.07) is 14.3. The first-order valence-electron chi connectivity index (χ1n) is 8.60. The van der Waals surface area contributed by atoms with Gasteiger partial charge >= 0.3 is 0 Å². The van der Waals surface area contributed by atoms with E-state index >= 15 is 0 Å². The molecule has 2 aromatic rings. The lowest BCUT2D eigenvalue weighted by Crippen LogP contribution is -2.33. The van der Waals surface area contributed by atoms with Crippen molar-refractivity contribution in [2.24, 2.45) is 11.0 Å². The van der Waals surface area contributed by atoms with Crippen LogP contribution in [0.25, 0.3) is 0 Å². The molecule has 2 amide bonds. The lowest BCUT2D eigenvalue weighted by molar-refractivity contribution is -0.112. The molecule has 1 saturated carbocycles. The second kappa shape index (κ2) is 6.63. The first-order valence-corrected chi connectivity index (χ1v) is 8.60. The maximum absolute atomic E-state index is 12.8. The number of hydrogen-bond donors (Lipinski definition) is 1. The molecule has 0 saturated heterocycles. The summed E-state index contributed by atoms with van der Waals surface area (Å²) in [5.41, 5.74) is 4.81. The highest BCUT2D eigenvalue weighted by atomic mass is 16.5. The Morgan fingerprint density at radius 2 is 2.04 bits per heavy atom. The fourth-order valence-corrected chi connectivity index (χ4v) is 3.05. The van der Waals surface area contributed by atoms with E-state index < -0.39 is 0 Å². The number of para-hydroxylation sites is 1. The lowest BCUT2D eigenvalue weighted by atomic mass is 10.1. The molecule has 0 aromatic heterocycles. The third kappa shape index (κ3) is 3.06. The van der Waals surface area contributed by atoms with E-state index in [-0.39, 0.29) is 17.5 Å². The largest absolute Gasteiger partial charge is 0.497 e. The molecule has 26 heavy (non-hydrogen) atoms. The van der Waals surface area contributed by atoms with Gasteiger partial charge in [0.05, 0.1) is 12.8 Å². The van der Waals surface area contributed by atoms with Gasteiger partial charge in [-0.2, -0.15) is 5.10 Å². The van der Waals surface area contributed by atoms with Gasteiger partial charge in [0.25, 0.3) is 11.8 Å². The number of hydrogen-bond acceptors (Lipinski definition) is 4. The van der Waals surface area contributed by atoms with Crippen molar-refractivity contribution < 1.29 is 14.3 Å². The summed E-state index contributed by atoms with van der Waals surface area (Å²) in [7, 11) is 1.54. The van der Waals surface area contributed by atoms with E-state index in [1.807, 2.05) is 24.3 Å². The van der Waals surface area contributed by atoms with E-state index in [0.717, 1.165) is 24.1 Å². The van der Waals surface area contributed by atoms with E-state index in [2.05, 4.69) is 10.5 Å². The van der Waals surface area contributed by atoms with Gasteiger partial charge in [0.1, 0.15) is 5.75 Å². The van der Waals surface area contributed by atoms with Crippen molar-refractivity contribution in [3.8, 4) is 5.75 Å². The summed E-state index contributed by atoms with van der Waals surface area (Å²) in [6.45, 7) is 0.707. The number of nitrogens with zero attached hydrogens (tertiary/aromatic N) is 2. The summed E-state index contributed by atoms with van der Waals surface area (Å²) >= 11 is 0. The standard InChI is InChI=1S/C20H19N3O3/c1-26-15-6-4-5-14(11-15)19(24)22-21-18-16-7-2-3-8-17(16)23(20(18)25)12-13-9-10-13/h2-8,11,13H,9-10,12H2,1H3,(H,22,24)/b21-18+. The fourth-order valence-electron chi connectivity index (χ4n) is 3.05. The minimum atomic E-state index is -0.387. The van der Waals surface area contributed by atoms with Crippen molar-refractivity contribution in [1.29, 1.82) is 0 Å². The van der Waals surface area contributed by atoms with E-state index in [1.54, 1.807) is 36.3 Å². The molecule has 6 heteroatoms. The predicted molar refractivity (Wildman–Crippen MR) is 98.5 cm³/mol. The van der Waals surface area contributed by atoms with Gasteiger partial charge in [-0.15, -0.1) is 0 Å². The minimum absolute atomic E-state index is 0.163. The Morgan fingerprint density at radius 3 is 2.81 bits per heavy atom. The molecule has 1 heterocycles. The molecule has 132 valence electrons. The molecule has 2 aliphatic rings. The van der Waals surface area contributed by atoms with Gasteiger partial charge in [-0.05, 0) is 43.0 Å². The van der Waals surface area contributed by atoms with Crippen molar-refractivity contribution in [3.63, 3.8) is 0 Å². The van der Waals surface area contributed by atoms with Crippen LogP contribution in [0.4, 0.5) is 5.69 Å². The number of hydrazone groups is 1. The summed E-state index contributed by atoms with van der Waals surface area (Å²) in [5.74, 6) is 0.604. The van der Waals surface area contributed by atoms with Gasteiger partial charge in [-0.3, -0.25) is 9.59 Å². The topological polar surface area (TPSA) is 71.0 Å². The Kier molecular flexibility index (Phi) is 4.16. The maximum atomic E-state index is 12.8. The summed E-state index contributed by atoms with van der Waals surface area (Å²) < 4.78 is 5.13. The zero-order valence-electron chi connectivity index (χ0n) is 14.4. The van der Waals surface area contributed by atoms with Crippen LogP contribution in [0.2, 0.25) is 0 Å². The molecule has 1 fully saturated rings. The van der Waals surface area contributed by atoms with Crippen LogP contribution in [0.5, 0.6) is 5.75 Å². The Labute approximate surface area is 151 Å². The number of fused-ring (bicyclic) bond motifs is 1. The monoisotopic (exact) mass is 349 g/mol. The van der Waals surface area contributed by atoms with Crippen LogP contribution >= 0.6 is 0 Å². The number of methoxy groups -OCH3 is 1. The molecule has 6 nitrogen and oxygen atoms in total. The van der Waals surface area contributed by atoms with Crippen LogP contribution in [0.15, 0.2) is 53.6 Å². The number of nitrogens with one attached hydrogen (secondary N) is 1. The Balaban J connectivity index is 1.58. The van der Waals surface area contributed by atoms with Crippen molar-refractivity contribution in [1.82, 2.24) is 5.43 Å². The van der Waals surface area contributed by atoms with E-state index in [1.165, 1.54) is 0 Å². The first kappa shape index (κ1) is 16.3. The third-order valence-corrected chi connectivity index (χ3v) is 4.64.